The molecule has 232 valence electrons. The first-order valence-corrected chi connectivity index (χ1v) is 14.6. The number of esters is 1. The zero-order valence-corrected chi connectivity index (χ0v) is 24.1. The van der Waals surface area contributed by atoms with Gasteiger partial charge in [-0.3, -0.25) is 0 Å². The van der Waals surface area contributed by atoms with Crippen molar-refractivity contribution in [2.24, 2.45) is 0 Å². The van der Waals surface area contributed by atoms with Gasteiger partial charge >= 0.3 is 18.3 Å². The molecule has 0 bridgehead atoms. The van der Waals surface area contributed by atoms with E-state index in [-0.39, 0.29) is 13.1 Å². The second-order valence-corrected chi connectivity index (χ2v) is 11.4. The monoisotopic (exact) mass is 617 g/mol. The number of carbonyl (C=O) groups is 1. The molecule has 0 spiro atoms. The molecule has 0 saturated carbocycles. The second kappa shape index (κ2) is 11.5. The van der Waals surface area contributed by atoms with Crippen molar-refractivity contribution in [1.82, 2.24) is 4.58 Å². The molecule has 0 saturated heterocycles. The third kappa shape index (κ3) is 6.01. The largest absolute Gasteiger partial charge is 0.465 e. The minimum absolute atomic E-state index is 0.185. The normalized spacial score (nSPS) is 16.0. The standard InChI is InChI=1S/C33H31F6N2O3/c1-43-31(42)23-9-3-2-8-22(23)30-24-16-20-6-4-12-40(14-10-32(34,35)36)26(20)18-28(24)44-29-19-27-21(17-25(29)30)7-5-13-41(27)15-11-33(37,38)39/h2-3,8-9,16-19H,4-7,10-15H2,1H3/q+1. The van der Waals surface area contributed by atoms with Gasteiger partial charge in [0.05, 0.1) is 25.2 Å². The third-order valence-electron chi connectivity index (χ3n) is 8.48. The van der Waals surface area contributed by atoms with Gasteiger partial charge in [0.15, 0.2) is 6.54 Å². The number of hydrogen-bond donors (Lipinski definition) is 0. The first kappa shape index (κ1) is 30.0. The minimum Gasteiger partial charge on any atom is -0.465 e. The number of halogens is 6. The number of ether oxygens (including phenoxy) is 2. The molecule has 5 nitrogen and oxygen atoms in total. The van der Waals surface area contributed by atoms with E-state index in [9.17, 15) is 31.1 Å². The van der Waals surface area contributed by atoms with Crippen LogP contribution in [0, 0.1) is 0 Å². The summed E-state index contributed by atoms with van der Waals surface area (Å²) < 4.78 is 92.0. The highest BCUT2D eigenvalue weighted by molar-refractivity contribution is 5.99. The van der Waals surface area contributed by atoms with Crippen molar-refractivity contribution in [3.63, 3.8) is 0 Å². The lowest BCUT2D eigenvalue weighted by molar-refractivity contribution is -0.134. The van der Waals surface area contributed by atoms with Crippen molar-refractivity contribution >= 4 is 17.2 Å². The highest BCUT2D eigenvalue weighted by atomic mass is 19.4. The van der Waals surface area contributed by atoms with E-state index < -0.39 is 31.2 Å². The summed E-state index contributed by atoms with van der Waals surface area (Å²) in [6.45, 7) is 0.578. The first-order chi connectivity index (χ1) is 20.9. The Morgan fingerprint density at radius 3 is 2.41 bits per heavy atom. The van der Waals surface area contributed by atoms with Crippen LogP contribution in [-0.4, -0.2) is 51.6 Å². The quantitative estimate of drug-likeness (QED) is 0.153. The molecule has 0 aliphatic carbocycles. The molecule has 0 radical (unpaired) electrons. The molecule has 11 heteroatoms. The van der Waals surface area contributed by atoms with Crippen LogP contribution in [-0.2, 0) is 17.6 Å². The Morgan fingerprint density at radius 2 is 1.66 bits per heavy atom. The van der Waals surface area contributed by atoms with Gasteiger partial charge in [0, 0.05) is 53.2 Å². The van der Waals surface area contributed by atoms with Crippen LogP contribution in [0.4, 0.5) is 32.0 Å². The molecular formula is C33H31F6N2O3+. The van der Waals surface area contributed by atoms with Crippen molar-refractivity contribution in [2.45, 2.75) is 50.9 Å². The molecule has 0 aromatic heterocycles. The van der Waals surface area contributed by atoms with E-state index >= 15 is 0 Å². The van der Waals surface area contributed by atoms with Crippen LogP contribution in [0.2, 0.25) is 0 Å². The maximum Gasteiger partial charge on any atom is 0.395 e. The van der Waals surface area contributed by atoms with Crippen LogP contribution in [0.15, 0.2) is 48.5 Å². The molecule has 0 amide bonds. The zero-order chi connectivity index (χ0) is 31.2. The smallest absolute Gasteiger partial charge is 0.395 e. The molecule has 0 atom stereocenters. The Hall–Kier alpha value is -4.02. The summed E-state index contributed by atoms with van der Waals surface area (Å²) in [5.74, 6) is 0.278. The molecule has 6 rings (SSSR count). The number of rotatable bonds is 6. The van der Waals surface area contributed by atoms with Gasteiger partial charge in [0.1, 0.15) is 24.5 Å². The summed E-state index contributed by atoms with van der Waals surface area (Å²) in [4.78, 5) is 14.6. The lowest BCUT2D eigenvalue weighted by atomic mass is 9.86. The number of fused-ring (bicyclic) bond motifs is 4. The molecule has 44 heavy (non-hydrogen) atoms. The molecule has 0 N–H and O–H groups in total. The maximum absolute atomic E-state index is 13.1. The van der Waals surface area contributed by atoms with E-state index in [4.69, 9.17) is 9.47 Å². The SMILES string of the molecule is COC(=O)c1ccccc1C1=c2cc3c(cc2Oc2cc4c(cc21)CCCN4CCC(F)(F)F)=[N+](CCC(F)(F)F)CCC3. The Bertz CT molecular complexity index is 1750. The molecule has 3 aromatic carbocycles. The Labute approximate surface area is 250 Å². The van der Waals surface area contributed by atoms with E-state index in [1.54, 1.807) is 39.8 Å². The number of methoxy groups -OCH3 is 1. The predicted octanol–water partition coefficient (Wildman–Crippen LogP) is 5.92. The van der Waals surface area contributed by atoms with Crippen molar-refractivity contribution in [3.8, 4) is 11.5 Å². The summed E-state index contributed by atoms with van der Waals surface area (Å²) in [6, 6.07) is 14.4. The fourth-order valence-corrected chi connectivity index (χ4v) is 6.47. The van der Waals surface area contributed by atoms with E-state index in [1.165, 1.54) is 7.11 Å². The molecule has 3 heterocycles. The van der Waals surface area contributed by atoms with Gasteiger partial charge in [0.25, 0.3) is 0 Å². The number of alkyl halides is 6. The second-order valence-electron chi connectivity index (χ2n) is 11.4. The highest BCUT2D eigenvalue weighted by Crippen LogP contribution is 2.43. The number of hydrogen-bond acceptors (Lipinski definition) is 4. The van der Waals surface area contributed by atoms with E-state index in [0.717, 1.165) is 11.1 Å². The minimum atomic E-state index is -4.29. The average Bonchev–Trinajstić information content (AvgIpc) is 2.98. The van der Waals surface area contributed by atoms with Crippen molar-refractivity contribution in [3.05, 3.63) is 86.9 Å². The Balaban J connectivity index is 1.58. The lowest BCUT2D eigenvalue weighted by Gasteiger charge is -2.33. The van der Waals surface area contributed by atoms with E-state index in [1.807, 2.05) is 18.2 Å². The van der Waals surface area contributed by atoms with Gasteiger partial charge < -0.3 is 14.4 Å². The summed E-state index contributed by atoms with van der Waals surface area (Å²) in [5, 5.41) is 1.35. The Morgan fingerprint density at radius 1 is 0.909 bits per heavy atom. The van der Waals surface area contributed by atoms with Crippen LogP contribution in [0.25, 0.3) is 5.57 Å². The van der Waals surface area contributed by atoms with Gasteiger partial charge in [-0.1, -0.05) is 18.2 Å². The van der Waals surface area contributed by atoms with Crippen LogP contribution < -0.4 is 24.8 Å². The molecule has 3 aliphatic rings. The number of aryl methyl sites for hydroxylation is 2. The summed E-state index contributed by atoms with van der Waals surface area (Å²) in [7, 11) is 1.30. The van der Waals surface area contributed by atoms with E-state index in [2.05, 4.69) is 0 Å². The fourth-order valence-electron chi connectivity index (χ4n) is 6.47. The number of anilines is 1. The lowest BCUT2D eigenvalue weighted by Crippen LogP contribution is -2.40. The summed E-state index contributed by atoms with van der Waals surface area (Å²) >= 11 is 0. The summed E-state index contributed by atoms with van der Waals surface area (Å²) in [5.41, 5.74) is 4.75. The van der Waals surface area contributed by atoms with E-state index in [0.29, 0.717) is 88.8 Å². The third-order valence-corrected chi connectivity index (χ3v) is 8.48. The number of carbonyl (C=O) groups excluding carboxylic acids is 1. The van der Waals surface area contributed by atoms with Gasteiger partial charge in [0.2, 0.25) is 5.36 Å². The molecule has 3 aliphatic heterocycles. The van der Waals surface area contributed by atoms with Crippen LogP contribution in [0.3, 0.4) is 0 Å². The van der Waals surface area contributed by atoms with Crippen LogP contribution >= 0.6 is 0 Å². The number of benzene rings is 3. The average molecular weight is 618 g/mol. The van der Waals surface area contributed by atoms with Crippen molar-refractivity contribution < 1.29 is 40.6 Å². The summed E-state index contributed by atoms with van der Waals surface area (Å²) in [6.07, 6.45) is -7.76. The molecule has 3 aromatic rings. The van der Waals surface area contributed by atoms with Gasteiger partial charge in [-0.25, -0.2) is 9.37 Å². The topological polar surface area (TPSA) is 41.8 Å². The van der Waals surface area contributed by atoms with Gasteiger partial charge in [-0.05, 0) is 48.6 Å². The molecule has 0 unspecified atom stereocenters. The molecule has 0 fully saturated rings. The molecular weight excluding hydrogens is 586 g/mol. The fraction of sp³-hybridized carbons (Fsp3) is 0.394. The van der Waals surface area contributed by atoms with Gasteiger partial charge in [-0.2, -0.15) is 26.3 Å². The Kier molecular flexibility index (Phi) is 7.83. The van der Waals surface area contributed by atoms with Crippen LogP contribution in [0.5, 0.6) is 11.5 Å². The number of nitrogens with zero attached hydrogens (tertiary/aromatic N) is 2. The van der Waals surface area contributed by atoms with Crippen LogP contribution in [0.1, 0.15) is 58.3 Å². The predicted molar refractivity (Wildman–Crippen MR) is 153 cm³/mol. The van der Waals surface area contributed by atoms with Gasteiger partial charge in [-0.15, -0.1) is 0 Å². The van der Waals surface area contributed by atoms with Crippen molar-refractivity contribution in [2.75, 3.05) is 38.2 Å². The highest BCUT2D eigenvalue weighted by Gasteiger charge is 2.33. The zero-order valence-electron chi connectivity index (χ0n) is 24.1. The first-order valence-electron chi connectivity index (χ1n) is 14.6. The van der Waals surface area contributed by atoms with Crippen molar-refractivity contribution in [1.29, 1.82) is 0 Å². The maximum atomic E-state index is 13.1.